The minimum Gasteiger partial charge on any atom is -0.486 e. The molecule has 0 unspecified atom stereocenters. The summed E-state index contributed by atoms with van der Waals surface area (Å²) in [6, 6.07) is 19.6. The average molecular weight is 280 g/mol. The zero-order valence-electron chi connectivity index (χ0n) is 11.7. The third-order valence-electron chi connectivity index (χ3n) is 3.15. The smallest absolute Gasteiger partial charge is 0.174 e. The molecule has 0 atom stereocenters. The molecule has 2 aromatic carbocycles. The Labute approximate surface area is 123 Å². The van der Waals surface area contributed by atoms with Crippen LogP contribution in [0.15, 0.2) is 65.2 Å². The molecule has 0 radical (unpaired) electrons. The van der Waals surface area contributed by atoms with Gasteiger partial charge < -0.3 is 14.6 Å². The Balaban J connectivity index is 1.64. The van der Waals surface area contributed by atoms with Crippen molar-refractivity contribution in [2.75, 3.05) is 12.4 Å². The Kier molecular flexibility index (Phi) is 3.87. The van der Waals surface area contributed by atoms with Crippen LogP contribution in [-0.2, 0) is 6.61 Å². The quantitative estimate of drug-likeness (QED) is 0.768. The van der Waals surface area contributed by atoms with Crippen LogP contribution >= 0.6 is 0 Å². The second kappa shape index (κ2) is 6.13. The topological polar surface area (TPSA) is 47.3 Å². The van der Waals surface area contributed by atoms with Gasteiger partial charge in [0.15, 0.2) is 5.76 Å². The second-order valence-electron chi connectivity index (χ2n) is 4.61. The van der Waals surface area contributed by atoms with Crippen molar-refractivity contribution >= 4 is 5.69 Å². The van der Waals surface area contributed by atoms with E-state index >= 15 is 0 Å². The number of nitrogens with one attached hydrogen (secondary N) is 1. The van der Waals surface area contributed by atoms with Crippen molar-refractivity contribution in [3.8, 4) is 17.0 Å². The third kappa shape index (κ3) is 3.23. The van der Waals surface area contributed by atoms with Crippen LogP contribution in [0.5, 0.6) is 5.75 Å². The Hall–Kier alpha value is -2.75. The van der Waals surface area contributed by atoms with Crippen molar-refractivity contribution in [3.63, 3.8) is 0 Å². The fourth-order valence-electron chi connectivity index (χ4n) is 2.00. The molecule has 4 nitrogen and oxygen atoms in total. The predicted molar refractivity (Wildman–Crippen MR) is 82.3 cm³/mol. The van der Waals surface area contributed by atoms with Gasteiger partial charge in [-0.25, -0.2) is 0 Å². The van der Waals surface area contributed by atoms with Crippen LogP contribution in [0.1, 0.15) is 5.76 Å². The van der Waals surface area contributed by atoms with Crippen molar-refractivity contribution in [2.24, 2.45) is 0 Å². The highest BCUT2D eigenvalue weighted by Crippen LogP contribution is 2.20. The first-order valence-corrected chi connectivity index (χ1v) is 6.77. The van der Waals surface area contributed by atoms with Crippen molar-refractivity contribution in [2.45, 2.75) is 6.61 Å². The van der Waals surface area contributed by atoms with E-state index in [4.69, 9.17) is 9.26 Å². The van der Waals surface area contributed by atoms with Crippen LogP contribution in [0.3, 0.4) is 0 Å². The number of benzene rings is 2. The number of hydrogen-bond acceptors (Lipinski definition) is 4. The summed E-state index contributed by atoms with van der Waals surface area (Å²) in [5.74, 6) is 1.50. The molecule has 0 amide bonds. The molecule has 0 fully saturated rings. The Morgan fingerprint density at radius 1 is 1.05 bits per heavy atom. The van der Waals surface area contributed by atoms with Gasteiger partial charge in [-0.05, 0) is 24.3 Å². The molecule has 0 spiro atoms. The Morgan fingerprint density at radius 2 is 1.81 bits per heavy atom. The zero-order chi connectivity index (χ0) is 14.5. The molecule has 0 aliphatic heterocycles. The maximum Gasteiger partial charge on any atom is 0.174 e. The molecule has 3 aromatic rings. The summed E-state index contributed by atoms with van der Waals surface area (Å²) in [6.45, 7) is 0.360. The van der Waals surface area contributed by atoms with Gasteiger partial charge >= 0.3 is 0 Å². The van der Waals surface area contributed by atoms with Crippen LogP contribution in [-0.4, -0.2) is 12.2 Å². The maximum absolute atomic E-state index is 5.68. The maximum atomic E-state index is 5.68. The number of ether oxygens (including phenoxy) is 1. The average Bonchev–Trinajstić information content (AvgIpc) is 3.03. The number of nitrogens with zero attached hydrogens (tertiary/aromatic N) is 1. The molecule has 0 saturated carbocycles. The van der Waals surface area contributed by atoms with Crippen LogP contribution in [0.4, 0.5) is 5.69 Å². The molecule has 1 heterocycles. The normalized spacial score (nSPS) is 10.3. The molecule has 4 heteroatoms. The van der Waals surface area contributed by atoms with E-state index < -0.39 is 0 Å². The lowest BCUT2D eigenvalue weighted by atomic mass is 10.1. The van der Waals surface area contributed by atoms with Crippen molar-refractivity contribution in [1.29, 1.82) is 0 Å². The lowest BCUT2D eigenvalue weighted by molar-refractivity contribution is 0.249. The van der Waals surface area contributed by atoms with Gasteiger partial charge in [0, 0.05) is 24.4 Å². The summed E-state index contributed by atoms with van der Waals surface area (Å²) < 4.78 is 11.0. The van der Waals surface area contributed by atoms with Crippen LogP contribution < -0.4 is 10.1 Å². The molecule has 1 N–H and O–H groups in total. The number of rotatable bonds is 5. The van der Waals surface area contributed by atoms with Crippen LogP contribution in [0.2, 0.25) is 0 Å². The fraction of sp³-hybridized carbons (Fsp3) is 0.118. The van der Waals surface area contributed by atoms with Gasteiger partial charge in [0.1, 0.15) is 18.1 Å². The van der Waals surface area contributed by atoms with Crippen molar-refractivity contribution < 1.29 is 9.26 Å². The molecule has 21 heavy (non-hydrogen) atoms. The first kappa shape index (κ1) is 13.2. The minimum atomic E-state index is 0.360. The van der Waals surface area contributed by atoms with E-state index in [-0.39, 0.29) is 0 Å². The van der Waals surface area contributed by atoms with Gasteiger partial charge in [-0.15, -0.1) is 0 Å². The monoisotopic (exact) mass is 280 g/mol. The molecule has 0 bridgehead atoms. The largest absolute Gasteiger partial charge is 0.486 e. The molecular formula is C17H16N2O2. The summed E-state index contributed by atoms with van der Waals surface area (Å²) in [5.41, 5.74) is 2.90. The highest BCUT2D eigenvalue weighted by Gasteiger charge is 2.06. The number of aromatic nitrogens is 1. The van der Waals surface area contributed by atoms with E-state index in [0.717, 1.165) is 22.7 Å². The summed E-state index contributed by atoms with van der Waals surface area (Å²) in [5, 5.41) is 7.13. The predicted octanol–water partition coefficient (Wildman–Crippen LogP) is 3.96. The standard InChI is InChI=1S/C17H16N2O2/c1-18-14-7-9-15(10-8-14)20-12-16-11-17(19-21-16)13-5-3-2-4-6-13/h2-11,18H,12H2,1H3. The summed E-state index contributed by atoms with van der Waals surface area (Å²) in [7, 11) is 1.88. The Bertz CT molecular complexity index is 690. The number of hydrogen-bond donors (Lipinski definition) is 1. The summed E-state index contributed by atoms with van der Waals surface area (Å²) in [4.78, 5) is 0. The molecule has 1 aromatic heterocycles. The van der Waals surface area contributed by atoms with E-state index in [1.807, 2.05) is 67.7 Å². The minimum absolute atomic E-state index is 0.360. The van der Waals surface area contributed by atoms with Crippen molar-refractivity contribution in [3.05, 3.63) is 66.4 Å². The first-order chi connectivity index (χ1) is 10.3. The third-order valence-corrected chi connectivity index (χ3v) is 3.15. The van der Waals surface area contributed by atoms with E-state index in [0.29, 0.717) is 12.4 Å². The number of anilines is 1. The highest BCUT2D eigenvalue weighted by atomic mass is 16.5. The molecule has 3 rings (SSSR count). The summed E-state index contributed by atoms with van der Waals surface area (Å²) >= 11 is 0. The van der Waals surface area contributed by atoms with Gasteiger partial charge in [0.05, 0.1) is 0 Å². The lowest BCUT2D eigenvalue weighted by Crippen LogP contribution is -1.94. The second-order valence-corrected chi connectivity index (χ2v) is 4.61. The first-order valence-electron chi connectivity index (χ1n) is 6.77. The van der Waals surface area contributed by atoms with Crippen molar-refractivity contribution in [1.82, 2.24) is 5.16 Å². The molecule has 0 aliphatic rings. The van der Waals surface area contributed by atoms with Crippen LogP contribution in [0.25, 0.3) is 11.3 Å². The zero-order valence-corrected chi connectivity index (χ0v) is 11.7. The van der Waals surface area contributed by atoms with Gasteiger partial charge in [-0.1, -0.05) is 35.5 Å². The fourth-order valence-corrected chi connectivity index (χ4v) is 2.00. The van der Waals surface area contributed by atoms with Crippen LogP contribution in [0, 0.1) is 0 Å². The molecular weight excluding hydrogens is 264 g/mol. The van der Waals surface area contributed by atoms with E-state index in [1.165, 1.54) is 0 Å². The molecule has 106 valence electrons. The summed E-state index contributed by atoms with van der Waals surface area (Å²) in [6.07, 6.45) is 0. The Morgan fingerprint density at radius 3 is 2.52 bits per heavy atom. The van der Waals surface area contributed by atoms with Gasteiger partial charge in [0.2, 0.25) is 0 Å². The lowest BCUT2D eigenvalue weighted by Gasteiger charge is -2.04. The van der Waals surface area contributed by atoms with E-state index in [2.05, 4.69) is 10.5 Å². The van der Waals surface area contributed by atoms with Gasteiger partial charge in [-0.3, -0.25) is 0 Å². The highest BCUT2D eigenvalue weighted by molar-refractivity contribution is 5.58. The SMILES string of the molecule is CNc1ccc(OCc2cc(-c3ccccc3)no2)cc1. The van der Waals surface area contributed by atoms with Gasteiger partial charge in [0.25, 0.3) is 0 Å². The van der Waals surface area contributed by atoms with Gasteiger partial charge in [-0.2, -0.15) is 0 Å². The molecule has 0 saturated heterocycles. The molecule has 0 aliphatic carbocycles. The van der Waals surface area contributed by atoms with E-state index in [1.54, 1.807) is 0 Å². The van der Waals surface area contributed by atoms with E-state index in [9.17, 15) is 0 Å².